The molecule has 1 heterocycles. The molecule has 1 aliphatic heterocycles. The van der Waals surface area contributed by atoms with E-state index in [2.05, 4.69) is 0 Å². The zero-order valence-corrected chi connectivity index (χ0v) is 7.24. The molecule has 4 atom stereocenters. The summed E-state index contributed by atoms with van der Waals surface area (Å²) in [5.74, 6) is -1.37. The summed E-state index contributed by atoms with van der Waals surface area (Å²) in [5.41, 5.74) is 0. The lowest BCUT2D eigenvalue weighted by Gasteiger charge is -2.13. The van der Waals surface area contributed by atoms with E-state index in [1.54, 1.807) is 0 Å². The van der Waals surface area contributed by atoms with Gasteiger partial charge in [0.25, 0.3) is 0 Å². The molecule has 0 radical (unpaired) electrons. The summed E-state index contributed by atoms with van der Waals surface area (Å²) in [4.78, 5) is 10.5. The molecule has 0 spiro atoms. The number of hydrogen-bond acceptors (Lipinski definition) is 6. The van der Waals surface area contributed by atoms with E-state index in [1.807, 2.05) is 0 Å². The van der Waals surface area contributed by atoms with Crippen LogP contribution < -0.4 is 0 Å². The van der Waals surface area contributed by atoms with Gasteiger partial charge in [-0.2, -0.15) is 0 Å². The van der Waals surface area contributed by atoms with Crippen LogP contribution in [0.4, 0.5) is 0 Å². The maximum atomic E-state index is 10.5. The van der Waals surface area contributed by atoms with Gasteiger partial charge in [-0.25, -0.2) is 4.79 Å². The maximum absolute atomic E-state index is 10.5. The van der Waals surface area contributed by atoms with Gasteiger partial charge < -0.3 is 29.9 Å². The summed E-state index contributed by atoms with van der Waals surface area (Å²) < 4.78 is 9.49. The lowest BCUT2D eigenvalue weighted by molar-refractivity contribution is -0.182. The lowest BCUT2D eigenvalue weighted by Crippen LogP contribution is -2.36. The Morgan fingerprint density at radius 1 is 1.36 bits per heavy atom. The predicted molar refractivity (Wildman–Crippen MR) is 41.3 cm³/mol. The van der Waals surface area contributed by atoms with E-state index in [0.29, 0.717) is 0 Å². The van der Waals surface area contributed by atoms with Crippen molar-refractivity contribution in [2.75, 3.05) is 13.2 Å². The molecule has 7 heteroatoms. The van der Waals surface area contributed by atoms with Gasteiger partial charge in [0, 0.05) is 0 Å². The number of carbonyl (C=O) groups is 1. The topological polar surface area (TPSA) is 116 Å². The largest absolute Gasteiger partial charge is 0.479 e. The van der Waals surface area contributed by atoms with Crippen molar-refractivity contribution in [3.63, 3.8) is 0 Å². The minimum atomic E-state index is -1.52. The van der Waals surface area contributed by atoms with Gasteiger partial charge in [0.15, 0.2) is 12.4 Å². The highest BCUT2D eigenvalue weighted by Crippen LogP contribution is 2.22. The summed E-state index contributed by atoms with van der Waals surface area (Å²) in [6, 6.07) is 0. The van der Waals surface area contributed by atoms with Crippen LogP contribution in [0.1, 0.15) is 0 Å². The Morgan fingerprint density at radius 2 is 2.00 bits per heavy atom. The van der Waals surface area contributed by atoms with Crippen LogP contribution in [0.5, 0.6) is 0 Å². The fourth-order valence-corrected chi connectivity index (χ4v) is 1.16. The summed E-state index contributed by atoms with van der Waals surface area (Å²) in [6.07, 6.45) is -5.63. The van der Waals surface area contributed by atoms with Crippen molar-refractivity contribution in [2.45, 2.75) is 24.6 Å². The van der Waals surface area contributed by atoms with Crippen molar-refractivity contribution in [2.24, 2.45) is 0 Å². The van der Waals surface area contributed by atoms with E-state index in [9.17, 15) is 15.0 Å². The van der Waals surface area contributed by atoms with Crippen LogP contribution in [0.3, 0.4) is 0 Å². The molecule has 0 bridgehead atoms. The second-order valence-corrected chi connectivity index (χ2v) is 2.84. The second-order valence-electron chi connectivity index (χ2n) is 2.84. The fraction of sp³-hybridized carbons (Fsp3) is 0.857. The molecule has 0 aromatic carbocycles. The third-order valence-corrected chi connectivity index (χ3v) is 1.84. The predicted octanol–water partition coefficient (Wildman–Crippen LogP) is -2.47. The molecule has 4 unspecified atom stereocenters. The molecule has 4 N–H and O–H groups in total. The molecule has 1 fully saturated rings. The first-order valence-corrected chi connectivity index (χ1v) is 4.04. The molecule has 0 saturated carbocycles. The van der Waals surface area contributed by atoms with E-state index in [0.717, 1.165) is 0 Å². The summed E-state index contributed by atoms with van der Waals surface area (Å²) >= 11 is 0. The van der Waals surface area contributed by atoms with Crippen molar-refractivity contribution in [1.29, 1.82) is 0 Å². The summed E-state index contributed by atoms with van der Waals surface area (Å²) in [5, 5.41) is 35.4. The highest BCUT2D eigenvalue weighted by molar-refractivity contribution is 5.73. The zero-order chi connectivity index (χ0) is 10.7. The molecule has 7 nitrogen and oxygen atoms in total. The van der Waals surface area contributed by atoms with Crippen molar-refractivity contribution in [3.8, 4) is 0 Å². The Hall–Kier alpha value is -0.730. The molecular weight excluding hydrogens is 196 g/mol. The van der Waals surface area contributed by atoms with Gasteiger partial charge in [-0.1, -0.05) is 0 Å². The molecule has 82 valence electrons. The van der Waals surface area contributed by atoms with E-state index in [4.69, 9.17) is 19.7 Å². The number of aliphatic hydroxyl groups is 3. The first kappa shape index (κ1) is 11.3. The molecule has 0 aromatic rings. The SMILES string of the molecule is O=C(O)C1OC(OCCO)C(O)C1O. The third-order valence-electron chi connectivity index (χ3n) is 1.84. The van der Waals surface area contributed by atoms with Gasteiger partial charge in [-0.15, -0.1) is 0 Å². The van der Waals surface area contributed by atoms with Gasteiger partial charge >= 0.3 is 5.97 Å². The number of carboxylic acids is 1. The average Bonchev–Trinajstić information content (AvgIpc) is 2.42. The average molecular weight is 208 g/mol. The third kappa shape index (κ3) is 2.20. The van der Waals surface area contributed by atoms with E-state index < -0.39 is 30.6 Å². The van der Waals surface area contributed by atoms with Gasteiger partial charge in [0.1, 0.15) is 12.2 Å². The van der Waals surface area contributed by atoms with E-state index >= 15 is 0 Å². The number of rotatable bonds is 4. The number of hydrogen-bond donors (Lipinski definition) is 4. The molecule has 14 heavy (non-hydrogen) atoms. The monoisotopic (exact) mass is 208 g/mol. The van der Waals surface area contributed by atoms with Crippen LogP contribution in [0.2, 0.25) is 0 Å². The van der Waals surface area contributed by atoms with Gasteiger partial charge in [-0.3, -0.25) is 0 Å². The number of aliphatic carboxylic acids is 1. The van der Waals surface area contributed by atoms with Crippen molar-refractivity contribution < 1.29 is 34.7 Å². The normalized spacial score (nSPS) is 37.4. The van der Waals surface area contributed by atoms with Crippen LogP contribution in [0.15, 0.2) is 0 Å². The standard InChI is InChI=1S/C7H12O7/c8-1-2-13-7-4(10)3(9)5(14-7)6(11)12/h3-5,7-10H,1-2H2,(H,11,12). The minimum Gasteiger partial charge on any atom is -0.479 e. The zero-order valence-electron chi connectivity index (χ0n) is 7.24. The Labute approximate surface area is 79.5 Å². The quantitative estimate of drug-likeness (QED) is 0.404. The highest BCUT2D eigenvalue weighted by atomic mass is 16.7. The molecule has 1 aliphatic rings. The van der Waals surface area contributed by atoms with Crippen LogP contribution in [-0.4, -0.2) is 64.2 Å². The summed E-state index contributed by atoms with van der Waals surface area (Å²) in [6.45, 7) is -0.374. The highest BCUT2D eigenvalue weighted by Gasteiger charge is 2.47. The number of ether oxygens (including phenoxy) is 2. The van der Waals surface area contributed by atoms with Crippen molar-refractivity contribution in [3.05, 3.63) is 0 Å². The van der Waals surface area contributed by atoms with Gasteiger partial charge in [-0.05, 0) is 0 Å². The number of aliphatic hydroxyl groups excluding tert-OH is 3. The Balaban J connectivity index is 2.53. The van der Waals surface area contributed by atoms with Crippen molar-refractivity contribution in [1.82, 2.24) is 0 Å². The maximum Gasteiger partial charge on any atom is 0.335 e. The second kappa shape index (κ2) is 4.67. The Kier molecular flexibility index (Phi) is 3.78. The lowest BCUT2D eigenvalue weighted by atomic mass is 10.1. The van der Waals surface area contributed by atoms with E-state index in [1.165, 1.54) is 0 Å². The van der Waals surface area contributed by atoms with Gasteiger partial charge in [0.05, 0.1) is 13.2 Å². The van der Waals surface area contributed by atoms with Crippen LogP contribution in [0, 0.1) is 0 Å². The van der Waals surface area contributed by atoms with Crippen LogP contribution in [0.25, 0.3) is 0 Å². The van der Waals surface area contributed by atoms with Gasteiger partial charge in [0.2, 0.25) is 0 Å². The fourth-order valence-electron chi connectivity index (χ4n) is 1.16. The first-order chi connectivity index (χ1) is 6.57. The molecule has 1 saturated heterocycles. The first-order valence-electron chi connectivity index (χ1n) is 4.04. The van der Waals surface area contributed by atoms with Crippen molar-refractivity contribution >= 4 is 5.97 Å². The molecule has 0 amide bonds. The smallest absolute Gasteiger partial charge is 0.335 e. The Bertz CT molecular complexity index is 206. The summed E-state index contributed by atoms with van der Waals surface area (Å²) in [7, 11) is 0. The Morgan fingerprint density at radius 3 is 2.43 bits per heavy atom. The molecule has 1 rings (SSSR count). The molecule has 0 aromatic heterocycles. The van der Waals surface area contributed by atoms with Crippen LogP contribution in [-0.2, 0) is 14.3 Å². The minimum absolute atomic E-state index is 0.0964. The number of carboxylic acid groups (broad SMARTS) is 1. The van der Waals surface area contributed by atoms with Crippen LogP contribution >= 0.6 is 0 Å². The molecular formula is C7H12O7. The van der Waals surface area contributed by atoms with E-state index in [-0.39, 0.29) is 13.2 Å². The molecule has 0 aliphatic carbocycles.